The summed E-state index contributed by atoms with van der Waals surface area (Å²) in [7, 11) is -4.37. The molecule has 44 heavy (non-hydrogen) atoms. The predicted octanol–water partition coefficient (Wildman–Crippen LogP) is 4.10. The van der Waals surface area contributed by atoms with E-state index in [0.29, 0.717) is 5.56 Å². The van der Waals surface area contributed by atoms with Crippen LogP contribution in [0.4, 0.5) is 13.2 Å². The minimum atomic E-state index is -4.71. The number of benzene rings is 2. The lowest BCUT2D eigenvalue weighted by atomic mass is 10.1. The first-order chi connectivity index (χ1) is 20.7. The molecule has 1 amide bonds. The molecule has 0 aliphatic carbocycles. The highest BCUT2D eigenvalue weighted by Crippen LogP contribution is 2.33. The van der Waals surface area contributed by atoms with E-state index in [4.69, 9.17) is 9.57 Å². The van der Waals surface area contributed by atoms with Gasteiger partial charge in [-0.3, -0.25) is 14.4 Å². The molecule has 1 saturated heterocycles. The van der Waals surface area contributed by atoms with Gasteiger partial charge in [-0.25, -0.2) is 17.8 Å². The summed E-state index contributed by atoms with van der Waals surface area (Å²) in [4.78, 5) is 28.6. The average molecular weight is 639 g/mol. The van der Waals surface area contributed by atoms with Crippen molar-refractivity contribution in [3.05, 3.63) is 71.1 Å². The molecular weight excluding hydrogens is 609 g/mol. The number of aryl methyl sites for hydroxylation is 1. The van der Waals surface area contributed by atoms with E-state index >= 15 is 0 Å². The highest BCUT2D eigenvalue weighted by atomic mass is 32.2. The number of rotatable bonds is 10. The Labute approximate surface area is 250 Å². The smallest absolute Gasteiger partial charge is 0.435 e. The predicted molar refractivity (Wildman–Crippen MR) is 147 cm³/mol. The molecule has 0 spiro atoms. The lowest BCUT2D eigenvalue weighted by Crippen LogP contribution is -2.37. The van der Waals surface area contributed by atoms with Crippen LogP contribution in [0.15, 0.2) is 64.8 Å². The molecule has 1 aromatic heterocycles. The summed E-state index contributed by atoms with van der Waals surface area (Å²) in [6.07, 6.45) is -5.59. The Morgan fingerprint density at radius 1 is 1.18 bits per heavy atom. The maximum absolute atomic E-state index is 13.5. The third-order valence-electron chi connectivity index (χ3n) is 6.60. The number of ether oxygens (including phenoxy) is 1. The monoisotopic (exact) mass is 638 g/mol. The Bertz CT molecular complexity index is 1640. The number of sulfonamides is 1. The fourth-order valence-corrected chi connectivity index (χ4v) is 5.29. The SMILES string of the molecule is CCC(=O)OC(C)O/N=[N+](/[O-])N1CCC(C(=O)NS(=O)(=O)c2ccc(-n3nc(C(F)(F)F)cc3-c3ccc(C)cc3)cc2)C1. The van der Waals surface area contributed by atoms with Crippen LogP contribution in [-0.2, 0) is 35.4 Å². The molecule has 236 valence electrons. The molecule has 0 bridgehead atoms. The maximum Gasteiger partial charge on any atom is 0.435 e. The summed E-state index contributed by atoms with van der Waals surface area (Å²) in [5.41, 5.74) is 0.571. The van der Waals surface area contributed by atoms with Gasteiger partial charge in [-0.1, -0.05) is 36.8 Å². The average Bonchev–Trinajstić information content (AvgIpc) is 3.65. The minimum Gasteiger partial charge on any atom is -0.569 e. The Balaban J connectivity index is 1.44. The highest BCUT2D eigenvalue weighted by Gasteiger charge is 2.36. The van der Waals surface area contributed by atoms with Crippen molar-refractivity contribution in [1.29, 1.82) is 0 Å². The summed E-state index contributed by atoms with van der Waals surface area (Å²) < 4.78 is 74.2. The van der Waals surface area contributed by atoms with Crippen LogP contribution < -0.4 is 4.72 Å². The molecule has 1 N–H and O–H groups in total. The molecule has 0 radical (unpaired) electrons. The van der Waals surface area contributed by atoms with Crippen LogP contribution in [0.5, 0.6) is 0 Å². The van der Waals surface area contributed by atoms with Crippen LogP contribution in [0.25, 0.3) is 16.9 Å². The molecule has 2 unspecified atom stereocenters. The van der Waals surface area contributed by atoms with Crippen molar-refractivity contribution in [2.24, 2.45) is 11.2 Å². The van der Waals surface area contributed by atoms with Crippen LogP contribution in [0.3, 0.4) is 0 Å². The van der Waals surface area contributed by atoms with Crippen LogP contribution in [0, 0.1) is 18.0 Å². The minimum absolute atomic E-state index is 0.0689. The number of aromatic nitrogens is 2. The van der Waals surface area contributed by atoms with Crippen LogP contribution >= 0.6 is 0 Å². The van der Waals surface area contributed by atoms with E-state index in [2.05, 4.69) is 10.4 Å². The van der Waals surface area contributed by atoms with Crippen molar-refractivity contribution >= 4 is 21.9 Å². The first-order valence-electron chi connectivity index (χ1n) is 13.4. The van der Waals surface area contributed by atoms with E-state index in [1.165, 1.54) is 19.1 Å². The number of nitrogens with one attached hydrogen (secondary N) is 1. The molecule has 2 heterocycles. The Kier molecular flexibility index (Phi) is 9.46. The van der Waals surface area contributed by atoms with Crippen molar-refractivity contribution in [1.82, 2.24) is 19.5 Å². The van der Waals surface area contributed by atoms with Crippen LogP contribution in [-0.4, -0.2) is 59.4 Å². The number of alkyl halides is 3. The van der Waals surface area contributed by atoms with Gasteiger partial charge in [0.15, 0.2) is 5.69 Å². The zero-order valence-corrected chi connectivity index (χ0v) is 24.6. The zero-order valence-electron chi connectivity index (χ0n) is 23.8. The standard InChI is InChI=1S/C27H29F3N6O7S/c1-4-25(37)42-18(3)43-33-36(39)34-14-13-20(16-34)26(38)32-44(40,41)22-11-9-21(10-12-22)35-23(15-24(31-35)27(28,29)30)19-7-5-17(2)6-8-19/h5-12,15,18,20H,4,13-14,16H2,1-3H3,(H,32,38)/b36-33+. The second kappa shape index (κ2) is 12.9. The Morgan fingerprint density at radius 2 is 1.84 bits per heavy atom. The molecule has 2 atom stereocenters. The van der Waals surface area contributed by atoms with Crippen molar-refractivity contribution < 1.29 is 45.7 Å². The number of carbonyl (C=O) groups excluding carboxylic acids is 2. The summed E-state index contributed by atoms with van der Waals surface area (Å²) in [5, 5.41) is 20.3. The molecule has 1 aliphatic heterocycles. The van der Waals surface area contributed by atoms with Gasteiger partial charge in [0.2, 0.25) is 11.2 Å². The maximum atomic E-state index is 13.5. The van der Waals surface area contributed by atoms with Crippen molar-refractivity contribution in [2.75, 3.05) is 13.1 Å². The van der Waals surface area contributed by atoms with Crippen molar-refractivity contribution in [3.8, 4) is 16.9 Å². The fraction of sp³-hybridized carbons (Fsp3) is 0.370. The fourth-order valence-electron chi connectivity index (χ4n) is 4.25. The molecular formula is C27H29F3N6O7S. The number of hydrazine groups is 1. The quantitative estimate of drug-likeness (QED) is 0.113. The second-order valence-electron chi connectivity index (χ2n) is 9.90. The lowest BCUT2D eigenvalue weighted by Gasteiger charge is -2.14. The summed E-state index contributed by atoms with van der Waals surface area (Å²) in [6.45, 7) is 4.68. The lowest BCUT2D eigenvalue weighted by molar-refractivity contribution is -0.709. The highest BCUT2D eigenvalue weighted by molar-refractivity contribution is 7.90. The van der Waals surface area contributed by atoms with E-state index in [-0.39, 0.29) is 47.2 Å². The Hall–Kier alpha value is -4.67. The number of amides is 1. The molecule has 1 aliphatic rings. The number of carbonyl (C=O) groups is 2. The largest absolute Gasteiger partial charge is 0.569 e. The van der Waals surface area contributed by atoms with E-state index in [0.717, 1.165) is 33.5 Å². The molecule has 0 saturated carbocycles. The van der Waals surface area contributed by atoms with Gasteiger partial charge in [-0.05, 0) is 43.7 Å². The van der Waals surface area contributed by atoms with Crippen LogP contribution in [0.1, 0.15) is 37.9 Å². The molecule has 4 rings (SSSR count). The van der Waals surface area contributed by atoms with Crippen molar-refractivity contribution in [3.63, 3.8) is 0 Å². The van der Waals surface area contributed by atoms with Gasteiger partial charge in [-0.15, -0.1) is 5.01 Å². The van der Waals surface area contributed by atoms with Gasteiger partial charge in [0.1, 0.15) is 0 Å². The molecule has 1 fully saturated rings. The number of halogens is 3. The van der Waals surface area contributed by atoms with E-state index < -0.39 is 46.0 Å². The van der Waals surface area contributed by atoms with Gasteiger partial charge in [0, 0.05) is 18.9 Å². The third-order valence-corrected chi connectivity index (χ3v) is 7.97. The first-order valence-corrected chi connectivity index (χ1v) is 14.9. The summed E-state index contributed by atoms with van der Waals surface area (Å²) in [6, 6.07) is 12.5. The van der Waals surface area contributed by atoms with E-state index in [1.807, 2.05) is 11.6 Å². The zero-order chi connectivity index (χ0) is 32.2. The van der Waals surface area contributed by atoms with Gasteiger partial charge in [0.05, 0.1) is 40.3 Å². The topological polar surface area (TPSA) is 158 Å². The number of hydrogen-bond acceptors (Lipinski definition) is 9. The molecule has 17 heteroatoms. The third kappa shape index (κ3) is 7.64. The molecule has 3 aromatic rings. The number of hydrogen-bond donors (Lipinski definition) is 1. The molecule has 2 aromatic carbocycles. The van der Waals surface area contributed by atoms with Gasteiger partial charge >= 0.3 is 12.1 Å². The normalized spacial score (nSPS) is 16.5. The number of esters is 1. The van der Waals surface area contributed by atoms with Gasteiger partial charge in [0.25, 0.3) is 16.3 Å². The first kappa shape index (κ1) is 32.2. The summed E-state index contributed by atoms with van der Waals surface area (Å²) in [5.74, 6) is -2.30. The van der Waals surface area contributed by atoms with Gasteiger partial charge in [-0.2, -0.15) is 18.3 Å². The van der Waals surface area contributed by atoms with Crippen LogP contribution in [0.2, 0.25) is 0 Å². The van der Waals surface area contributed by atoms with Crippen molar-refractivity contribution in [2.45, 2.75) is 51.0 Å². The Morgan fingerprint density at radius 3 is 2.45 bits per heavy atom. The van der Waals surface area contributed by atoms with E-state index in [9.17, 15) is 36.4 Å². The molecule has 13 nitrogen and oxygen atoms in total. The second-order valence-corrected chi connectivity index (χ2v) is 11.6. The summed E-state index contributed by atoms with van der Waals surface area (Å²) >= 11 is 0. The van der Waals surface area contributed by atoms with Gasteiger partial charge < -0.3 is 9.94 Å². The number of nitrogens with zero attached hydrogens (tertiary/aromatic N) is 5. The van der Waals surface area contributed by atoms with E-state index in [1.54, 1.807) is 31.2 Å².